The van der Waals surface area contributed by atoms with Crippen LogP contribution >= 0.6 is 12.4 Å². The van der Waals surface area contributed by atoms with E-state index in [1.165, 1.54) is 5.56 Å². The monoisotopic (exact) mass is 341 g/mol. The van der Waals surface area contributed by atoms with Gasteiger partial charge in [0.05, 0.1) is 13.7 Å². The van der Waals surface area contributed by atoms with Crippen molar-refractivity contribution < 1.29 is 9.53 Å². The molecule has 130 valence electrons. The fraction of sp³-hybridized carbons (Fsp3) is 0.588. The molecule has 0 radical (unpaired) electrons. The lowest BCUT2D eigenvalue weighted by atomic mass is 9.96. The predicted molar refractivity (Wildman–Crippen MR) is 95.2 cm³/mol. The van der Waals surface area contributed by atoms with Crippen molar-refractivity contribution in [1.29, 1.82) is 0 Å². The summed E-state index contributed by atoms with van der Waals surface area (Å²) < 4.78 is 5.18. The van der Waals surface area contributed by atoms with Crippen molar-refractivity contribution in [3.63, 3.8) is 0 Å². The highest BCUT2D eigenvalue weighted by atomic mass is 35.5. The molecule has 1 fully saturated rings. The Balaban J connectivity index is 0.00000264. The second-order valence-electron chi connectivity index (χ2n) is 5.90. The van der Waals surface area contributed by atoms with E-state index in [1.807, 2.05) is 12.1 Å². The summed E-state index contributed by atoms with van der Waals surface area (Å²) >= 11 is 0. The van der Waals surface area contributed by atoms with Crippen molar-refractivity contribution in [3.8, 4) is 5.75 Å². The first-order valence-electron chi connectivity index (χ1n) is 7.98. The van der Waals surface area contributed by atoms with E-state index in [0.717, 1.165) is 44.8 Å². The first-order valence-corrected chi connectivity index (χ1v) is 7.98. The van der Waals surface area contributed by atoms with Gasteiger partial charge in [-0.25, -0.2) is 0 Å². The van der Waals surface area contributed by atoms with Gasteiger partial charge in [-0.3, -0.25) is 9.69 Å². The molecule has 1 saturated heterocycles. The zero-order valence-corrected chi connectivity index (χ0v) is 14.8. The molecule has 1 amide bonds. The molecule has 0 unspecified atom stereocenters. The number of hydrogen-bond donors (Lipinski definition) is 2. The molecular weight excluding hydrogens is 314 g/mol. The number of methoxy groups -OCH3 is 1. The number of likely N-dealkylation sites (tertiary alicyclic amines) is 1. The van der Waals surface area contributed by atoms with Gasteiger partial charge in [-0.05, 0) is 56.6 Å². The average Bonchev–Trinajstić information content (AvgIpc) is 2.55. The van der Waals surface area contributed by atoms with Crippen molar-refractivity contribution in [1.82, 2.24) is 15.5 Å². The van der Waals surface area contributed by atoms with Gasteiger partial charge in [-0.2, -0.15) is 0 Å². The summed E-state index contributed by atoms with van der Waals surface area (Å²) in [5, 5.41) is 5.87. The van der Waals surface area contributed by atoms with Gasteiger partial charge in [0.2, 0.25) is 5.91 Å². The van der Waals surface area contributed by atoms with Crippen LogP contribution in [-0.2, 0) is 11.3 Å². The summed E-state index contributed by atoms with van der Waals surface area (Å²) in [7, 11) is 3.48. The van der Waals surface area contributed by atoms with Crippen LogP contribution in [0, 0.1) is 5.92 Å². The Morgan fingerprint density at radius 3 is 2.48 bits per heavy atom. The second kappa shape index (κ2) is 10.5. The van der Waals surface area contributed by atoms with E-state index in [0.29, 0.717) is 12.5 Å². The molecule has 0 aliphatic carbocycles. The number of likely N-dealkylation sites (N-methyl/N-ethyl adjacent to an activating group) is 1. The minimum atomic E-state index is 0. The van der Waals surface area contributed by atoms with Crippen molar-refractivity contribution in [2.45, 2.75) is 19.4 Å². The quantitative estimate of drug-likeness (QED) is 0.792. The standard InChI is InChI=1S/C17H27N3O2.ClH/c1-18-12-17(21)19-11-14-7-9-20(10-8-14)13-15-3-5-16(22-2)6-4-15;/h3-6,14,18H,7-13H2,1-2H3,(H,19,21);1H. The summed E-state index contributed by atoms with van der Waals surface area (Å²) in [6.07, 6.45) is 2.30. The lowest BCUT2D eigenvalue weighted by Gasteiger charge is -2.32. The highest BCUT2D eigenvalue weighted by Crippen LogP contribution is 2.19. The Kier molecular flexibility index (Phi) is 8.99. The van der Waals surface area contributed by atoms with Gasteiger partial charge in [0.15, 0.2) is 0 Å². The van der Waals surface area contributed by atoms with Gasteiger partial charge in [0, 0.05) is 13.1 Å². The van der Waals surface area contributed by atoms with E-state index >= 15 is 0 Å². The van der Waals surface area contributed by atoms with Crippen molar-refractivity contribution in [2.24, 2.45) is 5.92 Å². The van der Waals surface area contributed by atoms with Gasteiger partial charge < -0.3 is 15.4 Å². The number of rotatable bonds is 7. The number of hydrogen-bond acceptors (Lipinski definition) is 4. The summed E-state index contributed by atoms with van der Waals surface area (Å²) in [6, 6.07) is 8.28. The lowest BCUT2D eigenvalue weighted by molar-refractivity contribution is -0.120. The molecule has 23 heavy (non-hydrogen) atoms. The van der Waals surface area contributed by atoms with E-state index in [4.69, 9.17) is 4.74 Å². The van der Waals surface area contributed by atoms with Crippen molar-refractivity contribution in [3.05, 3.63) is 29.8 Å². The number of nitrogens with zero attached hydrogens (tertiary/aromatic N) is 1. The molecule has 1 aromatic rings. The molecule has 5 nitrogen and oxygen atoms in total. The highest BCUT2D eigenvalue weighted by Gasteiger charge is 2.19. The Hall–Kier alpha value is -1.30. The Bertz CT molecular complexity index is 459. The molecule has 1 heterocycles. The number of piperidine rings is 1. The molecular formula is C17H28ClN3O2. The predicted octanol–water partition coefficient (Wildman–Crippen LogP) is 1.66. The third-order valence-corrected chi connectivity index (χ3v) is 4.20. The lowest BCUT2D eigenvalue weighted by Crippen LogP contribution is -2.40. The normalized spacial score (nSPS) is 15.7. The molecule has 0 aromatic heterocycles. The zero-order chi connectivity index (χ0) is 15.8. The van der Waals surface area contributed by atoms with E-state index in [2.05, 4.69) is 27.7 Å². The van der Waals surface area contributed by atoms with Crippen LogP contribution in [0.5, 0.6) is 5.75 Å². The van der Waals surface area contributed by atoms with E-state index in [-0.39, 0.29) is 18.3 Å². The second-order valence-corrected chi connectivity index (χ2v) is 5.90. The minimum absolute atomic E-state index is 0. The first kappa shape index (κ1) is 19.7. The molecule has 6 heteroatoms. The average molecular weight is 342 g/mol. The molecule has 0 atom stereocenters. The Labute approximate surface area is 145 Å². The summed E-state index contributed by atoms with van der Waals surface area (Å²) in [5.74, 6) is 1.59. The van der Waals surface area contributed by atoms with Crippen LogP contribution in [0.3, 0.4) is 0 Å². The molecule has 0 saturated carbocycles. The summed E-state index contributed by atoms with van der Waals surface area (Å²) in [4.78, 5) is 13.9. The van der Waals surface area contributed by atoms with Crippen LogP contribution < -0.4 is 15.4 Å². The van der Waals surface area contributed by atoms with Crippen LogP contribution in [0.2, 0.25) is 0 Å². The maximum Gasteiger partial charge on any atom is 0.233 e. The molecule has 1 aliphatic heterocycles. The van der Waals surface area contributed by atoms with Crippen LogP contribution in [0.1, 0.15) is 18.4 Å². The topological polar surface area (TPSA) is 53.6 Å². The number of nitrogens with one attached hydrogen (secondary N) is 2. The molecule has 0 bridgehead atoms. The number of amides is 1. The van der Waals surface area contributed by atoms with Gasteiger partial charge in [0.25, 0.3) is 0 Å². The van der Waals surface area contributed by atoms with E-state index < -0.39 is 0 Å². The van der Waals surface area contributed by atoms with Crippen molar-refractivity contribution >= 4 is 18.3 Å². The molecule has 2 N–H and O–H groups in total. The van der Waals surface area contributed by atoms with Gasteiger partial charge >= 0.3 is 0 Å². The summed E-state index contributed by atoms with van der Waals surface area (Å²) in [6.45, 7) is 4.38. The number of carbonyl (C=O) groups excluding carboxylic acids is 1. The van der Waals surface area contributed by atoms with Crippen LogP contribution in [-0.4, -0.2) is 51.1 Å². The molecule has 1 aliphatic rings. The number of benzene rings is 1. The third-order valence-electron chi connectivity index (χ3n) is 4.20. The molecule has 2 rings (SSSR count). The van der Waals surface area contributed by atoms with Crippen LogP contribution in [0.4, 0.5) is 0 Å². The maximum absolute atomic E-state index is 11.4. The third kappa shape index (κ3) is 6.77. The van der Waals surface area contributed by atoms with Crippen molar-refractivity contribution in [2.75, 3.05) is 40.3 Å². The minimum Gasteiger partial charge on any atom is -0.497 e. The fourth-order valence-electron chi connectivity index (χ4n) is 2.82. The number of ether oxygens (including phenoxy) is 1. The van der Waals surface area contributed by atoms with Gasteiger partial charge in [0.1, 0.15) is 5.75 Å². The zero-order valence-electron chi connectivity index (χ0n) is 14.0. The number of carbonyl (C=O) groups is 1. The van der Waals surface area contributed by atoms with E-state index in [1.54, 1.807) is 14.2 Å². The molecule has 1 aromatic carbocycles. The first-order chi connectivity index (χ1) is 10.7. The highest BCUT2D eigenvalue weighted by molar-refractivity contribution is 5.85. The largest absolute Gasteiger partial charge is 0.497 e. The van der Waals surface area contributed by atoms with Crippen LogP contribution in [0.25, 0.3) is 0 Å². The van der Waals surface area contributed by atoms with Crippen LogP contribution in [0.15, 0.2) is 24.3 Å². The fourth-order valence-corrected chi connectivity index (χ4v) is 2.82. The molecule has 0 spiro atoms. The smallest absolute Gasteiger partial charge is 0.233 e. The van der Waals surface area contributed by atoms with Gasteiger partial charge in [-0.1, -0.05) is 12.1 Å². The SMILES string of the molecule is CNCC(=O)NCC1CCN(Cc2ccc(OC)cc2)CC1.Cl. The van der Waals surface area contributed by atoms with Gasteiger partial charge in [-0.15, -0.1) is 12.4 Å². The number of halogens is 1. The van der Waals surface area contributed by atoms with E-state index in [9.17, 15) is 4.79 Å². The summed E-state index contributed by atoms with van der Waals surface area (Å²) in [5.41, 5.74) is 1.32. The maximum atomic E-state index is 11.4. The Morgan fingerprint density at radius 1 is 1.26 bits per heavy atom. The Morgan fingerprint density at radius 2 is 1.91 bits per heavy atom.